The van der Waals surface area contributed by atoms with E-state index in [1.165, 1.54) is 37.6 Å². The highest BCUT2D eigenvalue weighted by Gasteiger charge is 2.13. The average molecular weight is 313 g/mol. The summed E-state index contributed by atoms with van der Waals surface area (Å²) in [7, 11) is 1.36. The number of halogens is 1. The van der Waals surface area contributed by atoms with Crippen LogP contribution in [0.2, 0.25) is 0 Å². The number of nitrogens with zero attached hydrogens (tertiary/aromatic N) is 2. The van der Waals surface area contributed by atoms with Gasteiger partial charge in [0.1, 0.15) is 12.9 Å². The van der Waals surface area contributed by atoms with Gasteiger partial charge >= 0.3 is 0 Å². The third-order valence-electron chi connectivity index (χ3n) is 2.98. The van der Waals surface area contributed by atoms with Crippen molar-refractivity contribution in [1.82, 2.24) is 0 Å². The summed E-state index contributed by atoms with van der Waals surface area (Å²) in [6.45, 7) is 1.97. The first-order chi connectivity index (χ1) is 11.1. The van der Waals surface area contributed by atoms with Crippen molar-refractivity contribution in [1.29, 1.82) is 0 Å². The fraction of sp³-hybridized carbons (Fsp3) is 0.118. The second-order valence-corrected chi connectivity index (χ2v) is 4.73. The number of hydrogen-bond acceptors (Lipinski definition) is 5. The van der Waals surface area contributed by atoms with E-state index in [4.69, 9.17) is 0 Å². The van der Waals surface area contributed by atoms with Crippen molar-refractivity contribution < 1.29 is 14.0 Å². The molecule has 0 spiro atoms. The van der Waals surface area contributed by atoms with Crippen LogP contribution in [0, 0.1) is 12.7 Å². The van der Waals surface area contributed by atoms with Crippen LogP contribution >= 0.6 is 0 Å². The summed E-state index contributed by atoms with van der Waals surface area (Å²) in [6, 6.07) is 12.7. The number of oxime groups is 1. The lowest BCUT2D eigenvalue weighted by Crippen LogP contribution is -2.18. The van der Waals surface area contributed by atoms with Gasteiger partial charge < -0.3 is 4.84 Å². The first kappa shape index (κ1) is 16.4. The molecule has 1 N–H and O–H groups in total. The number of Topliss-reactive ketones (excluding diaryl/α,β-unsaturated/α-hetero) is 1. The van der Waals surface area contributed by atoms with Crippen molar-refractivity contribution in [3.63, 3.8) is 0 Å². The largest absolute Gasteiger partial charge is 0.399 e. The molecule has 5 nitrogen and oxygen atoms in total. The van der Waals surface area contributed by atoms with E-state index in [1.54, 1.807) is 0 Å². The summed E-state index contributed by atoms with van der Waals surface area (Å²) in [4.78, 5) is 17.0. The molecule has 118 valence electrons. The van der Waals surface area contributed by atoms with Crippen LogP contribution in [0.15, 0.2) is 58.8 Å². The molecule has 2 aromatic carbocycles. The molecule has 0 unspecified atom stereocenters. The third-order valence-corrected chi connectivity index (χ3v) is 2.98. The van der Waals surface area contributed by atoms with Gasteiger partial charge in [-0.05, 0) is 43.3 Å². The molecule has 0 bridgehead atoms. The molecule has 0 heterocycles. The number of benzene rings is 2. The number of anilines is 1. The van der Waals surface area contributed by atoms with E-state index in [2.05, 4.69) is 20.5 Å². The molecule has 0 aromatic heterocycles. The molecular formula is C17H16FN3O2. The van der Waals surface area contributed by atoms with Crippen molar-refractivity contribution in [2.75, 3.05) is 12.5 Å². The summed E-state index contributed by atoms with van der Waals surface area (Å²) in [5.41, 5.74) is 4.98. The minimum absolute atomic E-state index is 0.0408. The second kappa shape index (κ2) is 7.84. The lowest BCUT2D eigenvalue weighted by atomic mass is 10.1. The Morgan fingerprint density at radius 3 is 2.39 bits per heavy atom. The number of hydrogen-bond donors (Lipinski definition) is 1. The van der Waals surface area contributed by atoms with Gasteiger partial charge in [0.25, 0.3) is 0 Å². The third kappa shape index (κ3) is 4.74. The van der Waals surface area contributed by atoms with Gasteiger partial charge in [0, 0.05) is 5.56 Å². The number of rotatable bonds is 6. The Kier molecular flexibility index (Phi) is 5.57. The summed E-state index contributed by atoms with van der Waals surface area (Å²) in [5, 5.41) is 7.63. The van der Waals surface area contributed by atoms with Gasteiger partial charge in [0.05, 0.1) is 11.9 Å². The number of aryl methyl sites for hydroxylation is 1. The standard InChI is InChI=1S/C17H16FN3O2/c1-12-3-9-15(10-4-12)20-21-16(11-19-23-2)17(22)13-5-7-14(18)8-6-13/h3-11,20H,1-2H3/b19-11+,21-16-. The summed E-state index contributed by atoms with van der Waals surface area (Å²) in [5.74, 6) is -0.811. The van der Waals surface area contributed by atoms with E-state index < -0.39 is 11.6 Å². The van der Waals surface area contributed by atoms with Crippen LogP contribution in [0.4, 0.5) is 10.1 Å². The summed E-state index contributed by atoms with van der Waals surface area (Å²) < 4.78 is 13.0. The van der Waals surface area contributed by atoms with E-state index in [0.29, 0.717) is 5.56 Å². The fourth-order valence-electron chi connectivity index (χ4n) is 1.74. The molecule has 0 aliphatic rings. The highest BCUT2D eigenvalue weighted by molar-refractivity contribution is 6.64. The van der Waals surface area contributed by atoms with E-state index in [0.717, 1.165) is 11.3 Å². The minimum Gasteiger partial charge on any atom is -0.399 e. The van der Waals surface area contributed by atoms with Crippen LogP contribution in [0.3, 0.4) is 0 Å². The van der Waals surface area contributed by atoms with Gasteiger partial charge in [0.2, 0.25) is 5.78 Å². The SMILES string of the molecule is CO/N=C/C(=N/Nc1ccc(C)cc1)C(=O)c1ccc(F)cc1. The molecule has 0 atom stereocenters. The average Bonchev–Trinajstić information content (AvgIpc) is 2.56. The van der Waals surface area contributed by atoms with E-state index >= 15 is 0 Å². The van der Waals surface area contributed by atoms with Crippen LogP contribution in [-0.4, -0.2) is 24.8 Å². The van der Waals surface area contributed by atoms with E-state index in [1.807, 2.05) is 31.2 Å². The number of hydrazone groups is 1. The lowest BCUT2D eigenvalue weighted by Gasteiger charge is -2.04. The molecule has 0 aliphatic carbocycles. The fourth-order valence-corrected chi connectivity index (χ4v) is 1.74. The Morgan fingerprint density at radius 2 is 1.78 bits per heavy atom. The number of nitrogens with one attached hydrogen (secondary N) is 1. The highest BCUT2D eigenvalue weighted by Crippen LogP contribution is 2.09. The molecule has 0 fully saturated rings. The zero-order valence-electron chi connectivity index (χ0n) is 12.8. The minimum atomic E-state index is -0.414. The van der Waals surface area contributed by atoms with Crippen LogP contribution in [0.5, 0.6) is 0 Å². The zero-order valence-corrected chi connectivity index (χ0v) is 12.8. The molecule has 0 saturated carbocycles. The normalized spacial score (nSPS) is 11.5. The number of carbonyl (C=O) groups is 1. The van der Waals surface area contributed by atoms with Crippen LogP contribution < -0.4 is 5.43 Å². The maximum absolute atomic E-state index is 13.0. The van der Waals surface area contributed by atoms with E-state index in [-0.39, 0.29) is 5.71 Å². The Balaban J connectivity index is 2.23. The maximum Gasteiger partial charge on any atom is 0.214 e. The molecule has 2 rings (SSSR count). The first-order valence-corrected chi connectivity index (χ1v) is 6.87. The predicted molar refractivity (Wildman–Crippen MR) is 88.5 cm³/mol. The highest BCUT2D eigenvalue weighted by atomic mass is 19.1. The Bertz CT molecular complexity index is 723. The van der Waals surface area contributed by atoms with Crippen molar-refractivity contribution in [2.45, 2.75) is 6.92 Å². The number of ketones is 1. The maximum atomic E-state index is 13.0. The first-order valence-electron chi connectivity index (χ1n) is 6.87. The molecule has 0 aliphatic heterocycles. The van der Waals surface area contributed by atoms with Gasteiger partial charge in [-0.2, -0.15) is 5.10 Å². The van der Waals surface area contributed by atoms with Gasteiger partial charge in [-0.1, -0.05) is 22.9 Å². The molecule has 2 aromatic rings. The predicted octanol–water partition coefficient (Wildman–Crippen LogP) is 3.42. The van der Waals surface area contributed by atoms with Crippen molar-refractivity contribution >= 4 is 23.4 Å². The molecule has 0 saturated heterocycles. The van der Waals surface area contributed by atoms with Crippen LogP contribution in [0.1, 0.15) is 15.9 Å². The summed E-state index contributed by atoms with van der Waals surface area (Å²) in [6.07, 6.45) is 1.20. The summed E-state index contributed by atoms with van der Waals surface area (Å²) >= 11 is 0. The van der Waals surface area contributed by atoms with E-state index in [9.17, 15) is 9.18 Å². The Hall–Kier alpha value is -3.02. The van der Waals surface area contributed by atoms with Gasteiger partial charge in [-0.15, -0.1) is 0 Å². The van der Waals surface area contributed by atoms with Crippen molar-refractivity contribution in [2.24, 2.45) is 10.3 Å². The topological polar surface area (TPSA) is 63.1 Å². The Labute approximate surface area is 133 Å². The zero-order chi connectivity index (χ0) is 16.7. The molecule has 6 heteroatoms. The van der Waals surface area contributed by atoms with Crippen molar-refractivity contribution in [3.05, 3.63) is 65.5 Å². The lowest BCUT2D eigenvalue weighted by molar-refractivity contribution is 0.106. The van der Waals surface area contributed by atoms with Gasteiger partial charge in [-0.3, -0.25) is 10.2 Å². The molecule has 23 heavy (non-hydrogen) atoms. The quantitative estimate of drug-likeness (QED) is 0.505. The Morgan fingerprint density at radius 1 is 1.13 bits per heavy atom. The number of carbonyl (C=O) groups excluding carboxylic acids is 1. The molecular weight excluding hydrogens is 297 g/mol. The van der Waals surface area contributed by atoms with Crippen LogP contribution in [0.25, 0.3) is 0 Å². The monoisotopic (exact) mass is 313 g/mol. The second-order valence-electron chi connectivity index (χ2n) is 4.73. The van der Waals surface area contributed by atoms with Gasteiger partial charge in [0.15, 0.2) is 5.71 Å². The van der Waals surface area contributed by atoms with Crippen LogP contribution in [-0.2, 0) is 4.84 Å². The smallest absolute Gasteiger partial charge is 0.214 e. The molecule has 0 radical (unpaired) electrons. The van der Waals surface area contributed by atoms with Gasteiger partial charge in [-0.25, -0.2) is 4.39 Å². The molecule has 0 amide bonds. The van der Waals surface area contributed by atoms with Crippen molar-refractivity contribution in [3.8, 4) is 0 Å².